The molecule has 0 spiro atoms. The average Bonchev–Trinajstić information content (AvgIpc) is 2.50. The molecule has 112 valence electrons. The molecule has 0 heterocycles. The molecule has 0 aliphatic heterocycles. The largest absolute Gasteiger partial charge is 0.490 e. The third-order valence-electron chi connectivity index (χ3n) is 3.26. The molecule has 0 radical (unpaired) electrons. The molecule has 3 nitrogen and oxygen atoms in total. The second-order valence-electron chi connectivity index (χ2n) is 4.68. The highest BCUT2D eigenvalue weighted by molar-refractivity contribution is 5.43. The molecule has 0 amide bonds. The Morgan fingerprint density at radius 3 is 2.43 bits per heavy atom. The van der Waals surface area contributed by atoms with E-state index in [2.05, 4.69) is 5.32 Å². The van der Waals surface area contributed by atoms with E-state index >= 15 is 0 Å². The zero-order valence-corrected chi connectivity index (χ0v) is 12.5. The highest BCUT2D eigenvalue weighted by Crippen LogP contribution is 2.33. The van der Waals surface area contributed by atoms with Crippen molar-refractivity contribution in [3.05, 3.63) is 53.8 Å². The van der Waals surface area contributed by atoms with Crippen molar-refractivity contribution in [2.75, 3.05) is 13.7 Å². The summed E-state index contributed by atoms with van der Waals surface area (Å²) in [5, 5.41) is 3.08. The molecule has 0 aromatic heterocycles. The predicted octanol–water partition coefficient (Wildman–Crippen LogP) is 4.30. The lowest BCUT2D eigenvalue weighted by atomic mass is 10.1. The molecule has 1 atom stereocenters. The van der Waals surface area contributed by atoms with E-state index in [0.29, 0.717) is 18.1 Å². The summed E-state index contributed by atoms with van der Waals surface area (Å²) in [7, 11) is 1.84. The third-order valence-corrected chi connectivity index (χ3v) is 3.26. The van der Waals surface area contributed by atoms with Gasteiger partial charge in [0.2, 0.25) is 0 Å². The fourth-order valence-electron chi connectivity index (χ4n) is 1.96. The van der Waals surface area contributed by atoms with Crippen molar-refractivity contribution in [3.8, 4) is 17.2 Å². The summed E-state index contributed by atoms with van der Waals surface area (Å²) in [6, 6.07) is 12.3. The van der Waals surface area contributed by atoms with E-state index in [4.69, 9.17) is 9.47 Å². The van der Waals surface area contributed by atoms with E-state index in [1.165, 1.54) is 6.07 Å². The van der Waals surface area contributed by atoms with Crippen molar-refractivity contribution < 1.29 is 13.9 Å². The quantitative estimate of drug-likeness (QED) is 0.860. The van der Waals surface area contributed by atoms with Crippen LogP contribution < -0.4 is 14.8 Å². The minimum atomic E-state index is -0.388. The summed E-state index contributed by atoms with van der Waals surface area (Å²) in [5.74, 6) is 0.912. The van der Waals surface area contributed by atoms with Gasteiger partial charge in [0, 0.05) is 6.04 Å². The fraction of sp³-hybridized carbons (Fsp3) is 0.294. The van der Waals surface area contributed by atoms with E-state index in [0.717, 1.165) is 5.56 Å². The third kappa shape index (κ3) is 3.73. The van der Waals surface area contributed by atoms with Crippen LogP contribution in [0.25, 0.3) is 0 Å². The molecule has 0 aliphatic carbocycles. The van der Waals surface area contributed by atoms with Crippen LogP contribution in [0.2, 0.25) is 0 Å². The predicted molar refractivity (Wildman–Crippen MR) is 81.6 cm³/mol. The maximum absolute atomic E-state index is 14.2. The Morgan fingerprint density at radius 1 is 1.10 bits per heavy atom. The maximum atomic E-state index is 14.2. The first-order chi connectivity index (χ1) is 10.2. The first-order valence-electron chi connectivity index (χ1n) is 7.02. The summed E-state index contributed by atoms with van der Waals surface area (Å²) in [6.07, 6.45) is 0. The van der Waals surface area contributed by atoms with Gasteiger partial charge in [0.25, 0.3) is 0 Å². The van der Waals surface area contributed by atoms with E-state index in [1.54, 1.807) is 18.2 Å². The van der Waals surface area contributed by atoms with Gasteiger partial charge in [0.1, 0.15) is 0 Å². The minimum Gasteiger partial charge on any atom is -0.490 e. The van der Waals surface area contributed by atoms with Crippen LogP contribution in [-0.4, -0.2) is 13.7 Å². The van der Waals surface area contributed by atoms with Crippen LogP contribution in [0.4, 0.5) is 4.39 Å². The molecule has 1 unspecified atom stereocenters. The van der Waals surface area contributed by atoms with E-state index in [9.17, 15) is 4.39 Å². The van der Waals surface area contributed by atoms with Crippen LogP contribution >= 0.6 is 0 Å². The SMILES string of the molecule is CCOc1ccccc1Oc1ccc(C(C)NC)cc1F. The molecule has 0 aliphatic rings. The molecular weight excluding hydrogens is 269 g/mol. The van der Waals surface area contributed by atoms with E-state index in [-0.39, 0.29) is 17.6 Å². The Labute approximate surface area is 124 Å². The average molecular weight is 289 g/mol. The van der Waals surface area contributed by atoms with Crippen LogP contribution in [0, 0.1) is 5.82 Å². The summed E-state index contributed by atoms with van der Waals surface area (Å²) in [6.45, 7) is 4.40. The van der Waals surface area contributed by atoms with Gasteiger partial charge in [0.15, 0.2) is 23.1 Å². The molecule has 2 aromatic carbocycles. The van der Waals surface area contributed by atoms with Crippen molar-refractivity contribution in [2.24, 2.45) is 0 Å². The molecule has 1 N–H and O–H groups in total. The highest BCUT2D eigenvalue weighted by Gasteiger charge is 2.11. The normalized spacial score (nSPS) is 12.0. The molecule has 0 bridgehead atoms. The number of benzene rings is 2. The number of hydrogen-bond acceptors (Lipinski definition) is 3. The van der Waals surface area contributed by atoms with Crippen LogP contribution in [0.15, 0.2) is 42.5 Å². The maximum Gasteiger partial charge on any atom is 0.169 e. The van der Waals surface area contributed by atoms with Crippen LogP contribution in [0.3, 0.4) is 0 Å². The van der Waals surface area contributed by atoms with Gasteiger partial charge in [-0.25, -0.2) is 4.39 Å². The van der Waals surface area contributed by atoms with Gasteiger partial charge in [0.05, 0.1) is 6.61 Å². The minimum absolute atomic E-state index is 0.0873. The van der Waals surface area contributed by atoms with Gasteiger partial charge in [-0.2, -0.15) is 0 Å². The van der Waals surface area contributed by atoms with Gasteiger partial charge in [-0.3, -0.25) is 0 Å². The molecule has 2 aromatic rings. The molecule has 21 heavy (non-hydrogen) atoms. The Kier molecular flexibility index (Phi) is 5.17. The van der Waals surface area contributed by atoms with Crippen molar-refractivity contribution >= 4 is 0 Å². The van der Waals surface area contributed by atoms with E-state index in [1.807, 2.05) is 39.1 Å². The smallest absolute Gasteiger partial charge is 0.169 e. The van der Waals surface area contributed by atoms with Crippen LogP contribution in [0.1, 0.15) is 25.5 Å². The Bertz CT molecular complexity index is 601. The molecular formula is C17H20FNO2. The van der Waals surface area contributed by atoms with Gasteiger partial charge in [-0.15, -0.1) is 0 Å². The van der Waals surface area contributed by atoms with E-state index < -0.39 is 0 Å². The van der Waals surface area contributed by atoms with Crippen molar-refractivity contribution in [1.29, 1.82) is 0 Å². The van der Waals surface area contributed by atoms with Gasteiger partial charge < -0.3 is 14.8 Å². The number of hydrogen-bond donors (Lipinski definition) is 1. The summed E-state index contributed by atoms with van der Waals surface area (Å²) < 4.78 is 25.3. The topological polar surface area (TPSA) is 30.5 Å². The van der Waals surface area contributed by atoms with Crippen molar-refractivity contribution in [3.63, 3.8) is 0 Å². The summed E-state index contributed by atoms with van der Waals surface area (Å²) >= 11 is 0. The number of nitrogens with one attached hydrogen (secondary N) is 1. The molecule has 0 saturated heterocycles. The van der Waals surface area contributed by atoms with Crippen molar-refractivity contribution in [1.82, 2.24) is 5.32 Å². The Balaban J connectivity index is 2.24. The first kappa shape index (κ1) is 15.3. The Hall–Kier alpha value is -2.07. The van der Waals surface area contributed by atoms with Crippen LogP contribution in [0.5, 0.6) is 17.2 Å². The monoisotopic (exact) mass is 289 g/mol. The standard InChI is InChI=1S/C17H20FNO2/c1-4-20-16-7-5-6-8-17(16)21-15-10-9-13(11-14(15)18)12(2)19-3/h5-12,19H,4H2,1-3H3. The second kappa shape index (κ2) is 7.09. The molecule has 2 rings (SSSR count). The van der Waals surface area contributed by atoms with Gasteiger partial charge in [-0.05, 0) is 50.7 Å². The lowest BCUT2D eigenvalue weighted by Crippen LogP contribution is -2.12. The fourth-order valence-corrected chi connectivity index (χ4v) is 1.96. The first-order valence-corrected chi connectivity index (χ1v) is 7.02. The summed E-state index contributed by atoms with van der Waals surface area (Å²) in [5.41, 5.74) is 0.875. The number of rotatable bonds is 6. The second-order valence-corrected chi connectivity index (χ2v) is 4.68. The Morgan fingerprint density at radius 2 is 1.81 bits per heavy atom. The molecule has 0 fully saturated rings. The van der Waals surface area contributed by atoms with Crippen molar-refractivity contribution in [2.45, 2.75) is 19.9 Å². The zero-order valence-electron chi connectivity index (χ0n) is 12.5. The van der Waals surface area contributed by atoms with Gasteiger partial charge >= 0.3 is 0 Å². The number of halogens is 1. The lowest BCUT2D eigenvalue weighted by molar-refractivity contribution is 0.318. The number of para-hydroxylation sites is 2. The molecule has 0 saturated carbocycles. The zero-order chi connectivity index (χ0) is 15.2. The van der Waals surface area contributed by atoms with Gasteiger partial charge in [-0.1, -0.05) is 18.2 Å². The lowest BCUT2D eigenvalue weighted by Gasteiger charge is -2.14. The van der Waals surface area contributed by atoms with Crippen LogP contribution in [-0.2, 0) is 0 Å². The molecule has 4 heteroatoms. The number of ether oxygens (including phenoxy) is 2. The highest BCUT2D eigenvalue weighted by atomic mass is 19.1. The summed E-state index contributed by atoms with van der Waals surface area (Å²) in [4.78, 5) is 0.